The minimum atomic E-state index is 0.651. The average Bonchev–Trinajstić information content (AvgIpc) is 2.82. The van der Waals surface area contributed by atoms with Gasteiger partial charge in [0.05, 0.1) is 24.3 Å². The van der Waals surface area contributed by atoms with Crippen LogP contribution in [0.2, 0.25) is 0 Å². The van der Waals surface area contributed by atoms with Crippen molar-refractivity contribution in [2.75, 3.05) is 25.4 Å². The van der Waals surface area contributed by atoms with Crippen LogP contribution in [-0.2, 0) is 6.42 Å². The number of rotatable bonds is 3. The molecule has 1 saturated heterocycles. The van der Waals surface area contributed by atoms with Gasteiger partial charge in [-0.15, -0.1) is 0 Å². The van der Waals surface area contributed by atoms with Crippen molar-refractivity contribution in [1.29, 1.82) is 0 Å². The summed E-state index contributed by atoms with van der Waals surface area (Å²) in [6.07, 6.45) is 9.11. The molecular weight excluding hydrogens is 238 g/mol. The zero-order valence-electron chi connectivity index (χ0n) is 11.4. The summed E-state index contributed by atoms with van der Waals surface area (Å²) in [4.78, 5) is 6.92. The Labute approximate surface area is 113 Å². The summed E-state index contributed by atoms with van der Waals surface area (Å²) in [7, 11) is 0. The van der Waals surface area contributed by atoms with Crippen molar-refractivity contribution in [2.24, 2.45) is 5.92 Å². The molecule has 0 unspecified atom stereocenters. The first-order chi connectivity index (χ1) is 9.26. The molecule has 1 aliphatic rings. The van der Waals surface area contributed by atoms with Gasteiger partial charge in [-0.1, -0.05) is 6.92 Å². The standard InChI is InChI=1S/C14H21N5/c1-2-18-5-3-11(4-6-18)7-12-8-17-19-10-13(15)9-16-14(12)19/h8-11H,2-7,15H2,1H3. The lowest BCUT2D eigenvalue weighted by Gasteiger charge is -2.30. The number of hydrogen-bond donors (Lipinski definition) is 1. The van der Waals surface area contributed by atoms with Crippen LogP contribution in [0.3, 0.4) is 0 Å². The zero-order chi connectivity index (χ0) is 13.2. The van der Waals surface area contributed by atoms with Crippen molar-refractivity contribution in [3.63, 3.8) is 0 Å². The van der Waals surface area contributed by atoms with Gasteiger partial charge in [0.15, 0.2) is 5.65 Å². The van der Waals surface area contributed by atoms with Gasteiger partial charge in [0.2, 0.25) is 0 Å². The highest BCUT2D eigenvalue weighted by atomic mass is 15.2. The maximum atomic E-state index is 5.72. The number of piperidine rings is 1. The summed E-state index contributed by atoms with van der Waals surface area (Å²) in [5.41, 5.74) is 8.57. The van der Waals surface area contributed by atoms with E-state index < -0.39 is 0 Å². The smallest absolute Gasteiger partial charge is 0.158 e. The molecule has 19 heavy (non-hydrogen) atoms. The van der Waals surface area contributed by atoms with Crippen LogP contribution in [-0.4, -0.2) is 39.1 Å². The first-order valence-electron chi connectivity index (χ1n) is 7.06. The summed E-state index contributed by atoms with van der Waals surface area (Å²) in [6.45, 7) is 5.85. The van der Waals surface area contributed by atoms with E-state index in [1.807, 2.05) is 12.4 Å². The second kappa shape index (κ2) is 5.17. The molecule has 0 atom stereocenters. The van der Waals surface area contributed by atoms with E-state index in [2.05, 4.69) is 21.9 Å². The largest absolute Gasteiger partial charge is 0.396 e. The van der Waals surface area contributed by atoms with Crippen LogP contribution in [0.15, 0.2) is 18.6 Å². The van der Waals surface area contributed by atoms with E-state index in [-0.39, 0.29) is 0 Å². The number of nitrogen functional groups attached to an aromatic ring is 1. The average molecular weight is 259 g/mol. The third-order valence-corrected chi connectivity index (χ3v) is 4.11. The highest BCUT2D eigenvalue weighted by Crippen LogP contribution is 2.23. The number of aromatic nitrogens is 3. The number of hydrogen-bond acceptors (Lipinski definition) is 4. The Bertz CT molecular complexity index is 554. The molecule has 0 saturated carbocycles. The third-order valence-electron chi connectivity index (χ3n) is 4.11. The first kappa shape index (κ1) is 12.4. The second-order valence-corrected chi connectivity index (χ2v) is 5.41. The molecule has 2 N–H and O–H groups in total. The Morgan fingerprint density at radius 1 is 1.32 bits per heavy atom. The number of likely N-dealkylation sites (tertiary alicyclic amines) is 1. The molecular formula is C14H21N5. The van der Waals surface area contributed by atoms with Crippen LogP contribution >= 0.6 is 0 Å². The maximum absolute atomic E-state index is 5.72. The summed E-state index contributed by atoms with van der Waals surface area (Å²) >= 11 is 0. The highest BCUT2D eigenvalue weighted by molar-refractivity contribution is 5.49. The van der Waals surface area contributed by atoms with Crippen molar-refractivity contribution < 1.29 is 0 Å². The van der Waals surface area contributed by atoms with Crippen molar-refractivity contribution in [2.45, 2.75) is 26.2 Å². The maximum Gasteiger partial charge on any atom is 0.158 e. The van der Waals surface area contributed by atoms with E-state index in [4.69, 9.17) is 5.73 Å². The van der Waals surface area contributed by atoms with E-state index >= 15 is 0 Å². The number of anilines is 1. The Kier molecular flexibility index (Phi) is 3.38. The van der Waals surface area contributed by atoms with E-state index in [9.17, 15) is 0 Å². The molecule has 102 valence electrons. The van der Waals surface area contributed by atoms with Gasteiger partial charge in [0, 0.05) is 5.56 Å². The van der Waals surface area contributed by atoms with Gasteiger partial charge in [-0.25, -0.2) is 9.50 Å². The van der Waals surface area contributed by atoms with Gasteiger partial charge in [-0.05, 0) is 44.8 Å². The van der Waals surface area contributed by atoms with Gasteiger partial charge >= 0.3 is 0 Å². The third kappa shape index (κ3) is 2.56. The van der Waals surface area contributed by atoms with Crippen LogP contribution in [0.4, 0.5) is 5.69 Å². The van der Waals surface area contributed by atoms with Crippen LogP contribution in [0.25, 0.3) is 5.65 Å². The van der Waals surface area contributed by atoms with Crippen LogP contribution < -0.4 is 5.73 Å². The molecule has 0 spiro atoms. The normalized spacial score (nSPS) is 18.2. The highest BCUT2D eigenvalue weighted by Gasteiger charge is 2.20. The molecule has 2 aromatic rings. The number of nitrogens with zero attached hydrogens (tertiary/aromatic N) is 4. The molecule has 0 aliphatic carbocycles. The van der Waals surface area contributed by atoms with Gasteiger partial charge in [0.25, 0.3) is 0 Å². The molecule has 0 bridgehead atoms. The summed E-state index contributed by atoms with van der Waals surface area (Å²) in [5.74, 6) is 0.759. The lowest BCUT2D eigenvalue weighted by molar-refractivity contribution is 0.192. The summed E-state index contributed by atoms with van der Waals surface area (Å²) in [5, 5.41) is 4.34. The quantitative estimate of drug-likeness (QED) is 0.909. The predicted molar refractivity (Wildman–Crippen MR) is 75.9 cm³/mol. The Hall–Kier alpha value is -1.62. The summed E-state index contributed by atoms with van der Waals surface area (Å²) < 4.78 is 1.78. The molecule has 1 fully saturated rings. The topological polar surface area (TPSA) is 59.5 Å². The zero-order valence-corrected chi connectivity index (χ0v) is 11.4. The Morgan fingerprint density at radius 3 is 2.84 bits per heavy atom. The van der Waals surface area contributed by atoms with E-state index in [0.29, 0.717) is 5.69 Å². The first-order valence-corrected chi connectivity index (χ1v) is 7.06. The molecule has 2 aromatic heterocycles. The van der Waals surface area contributed by atoms with Gasteiger partial charge in [0.1, 0.15) is 0 Å². The Balaban J connectivity index is 1.72. The minimum Gasteiger partial charge on any atom is -0.396 e. The lowest BCUT2D eigenvalue weighted by Crippen LogP contribution is -2.34. The summed E-state index contributed by atoms with van der Waals surface area (Å²) in [6, 6.07) is 0. The lowest BCUT2D eigenvalue weighted by atomic mass is 9.91. The molecule has 5 heteroatoms. The van der Waals surface area contributed by atoms with Crippen molar-refractivity contribution in [3.8, 4) is 0 Å². The van der Waals surface area contributed by atoms with Gasteiger partial charge in [-0.2, -0.15) is 5.10 Å². The van der Waals surface area contributed by atoms with Gasteiger partial charge < -0.3 is 10.6 Å². The molecule has 3 rings (SSSR count). The second-order valence-electron chi connectivity index (χ2n) is 5.41. The van der Waals surface area contributed by atoms with E-state index in [0.717, 1.165) is 18.0 Å². The fraction of sp³-hybridized carbons (Fsp3) is 0.571. The SMILES string of the molecule is CCN1CCC(Cc2cnn3cc(N)cnc23)CC1. The number of nitrogens with two attached hydrogens (primary N) is 1. The molecule has 1 aliphatic heterocycles. The van der Waals surface area contributed by atoms with E-state index in [1.54, 1.807) is 10.7 Å². The van der Waals surface area contributed by atoms with Crippen molar-refractivity contribution in [1.82, 2.24) is 19.5 Å². The molecule has 0 aromatic carbocycles. The van der Waals surface area contributed by atoms with Crippen molar-refractivity contribution >= 4 is 11.3 Å². The van der Waals surface area contributed by atoms with Crippen molar-refractivity contribution in [3.05, 3.63) is 24.2 Å². The van der Waals surface area contributed by atoms with Crippen LogP contribution in [0, 0.1) is 5.92 Å². The molecule has 3 heterocycles. The van der Waals surface area contributed by atoms with Gasteiger partial charge in [-0.3, -0.25) is 0 Å². The molecule has 0 amide bonds. The molecule has 0 radical (unpaired) electrons. The minimum absolute atomic E-state index is 0.651. The van der Waals surface area contributed by atoms with Crippen LogP contribution in [0.5, 0.6) is 0 Å². The predicted octanol–water partition coefficient (Wildman–Crippen LogP) is 1.59. The monoisotopic (exact) mass is 259 g/mol. The molecule has 5 nitrogen and oxygen atoms in total. The van der Waals surface area contributed by atoms with Crippen LogP contribution in [0.1, 0.15) is 25.3 Å². The fourth-order valence-electron chi connectivity index (χ4n) is 2.90. The van der Waals surface area contributed by atoms with E-state index in [1.165, 1.54) is 38.0 Å². The fourth-order valence-corrected chi connectivity index (χ4v) is 2.90. The number of fused-ring (bicyclic) bond motifs is 1. The Morgan fingerprint density at radius 2 is 2.11 bits per heavy atom.